The second-order valence-corrected chi connectivity index (χ2v) is 4.23. The van der Waals surface area contributed by atoms with Crippen LogP contribution in [0.3, 0.4) is 0 Å². The van der Waals surface area contributed by atoms with Crippen molar-refractivity contribution in [3.05, 3.63) is 59.2 Å². The summed E-state index contributed by atoms with van der Waals surface area (Å²) in [4.78, 5) is 11.0. The number of rotatable bonds is 5. The molecule has 3 heteroatoms. The summed E-state index contributed by atoms with van der Waals surface area (Å²) in [6.07, 6.45) is 0.771. The highest BCUT2D eigenvalue weighted by atomic mass is 16.5. The summed E-state index contributed by atoms with van der Waals surface area (Å²) in [6, 6.07) is 13.5. The third-order valence-electron chi connectivity index (χ3n) is 2.90. The number of carbonyl (C=O) groups excluding carboxylic acids is 1. The zero-order valence-corrected chi connectivity index (χ0v) is 11.1. The van der Waals surface area contributed by atoms with Crippen molar-refractivity contribution in [3.8, 4) is 11.5 Å². The van der Waals surface area contributed by atoms with Gasteiger partial charge in [-0.3, -0.25) is 4.79 Å². The molecule has 0 aliphatic heterocycles. The van der Waals surface area contributed by atoms with E-state index in [2.05, 4.69) is 0 Å². The molecule has 0 atom stereocenters. The van der Waals surface area contributed by atoms with Gasteiger partial charge in [0.05, 0.1) is 12.7 Å². The van der Waals surface area contributed by atoms with Gasteiger partial charge < -0.3 is 9.47 Å². The molecular formula is C16H16O3. The second-order valence-electron chi connectivity index (χ2n) is 4.23. The maximum atomic E-state index is 11.0. The standard InChI is InChI=1S/C16H16O3/c1-12-8-9-14(10-17)16(18-2)15(12)19-11-13-6-4-3-5-7-13/h3-10H,11H2,1-2H3. The van der Waals surface area contributed by atoms with E-state index >= 15 is 0 Å². The Kier molecular flexibility index (Phi) is 4.18. The molecule has 98 valence electrons. The maximum absolute atomic E-state index is 11.0. The Hall–Kier alpha value is -2.29. The van der Waals surface area contributed by atoms with E-state index in [9.17, 15) is 4.79 Å². The van der Waals surface area contributed by atoms with Crippen LogP contribution in [0.5, 0.6) is 11.5 Å². The molecule has 2 aromatic carbocycles. The monoisotopic (exact) mass is 256 g/mol. The number of benzene rings is 2. The van der Waals surface area contributed by atoms with Crippen LogP contribution in [0.15, 0.2) is 42.5 Å². The number of methoxy groups -OCH3 is 1. The highest BCUT2D eigenvalue weighted by Gasteiger charge is 2.13. The Bertz CT molecular complexity index is 562. The molecule has 0 fully saturated rings. The molecule has 0 bridgehead atoms. The number of carbonyl (C=O) groups is 1. The molecule has 0 unspecified atom stereocenters. The summed E-state index contributed by atoms with van der Waals surface area (Å²) in [7, 11) is 1.54. The van der Waals surface area contributed by atoms with Gasteiger partial charge in [-0.1, -0.05) is 36.4 Å². The van der Waals surface area contributed by atoms with E-state index in [-0.39, 0.29) is 0 Å². The van der Waals surface area contributed by atoms with Gasteiger partial charge in [0.1, 0.15) is 6.61 Å². The van der Waals surface area contributed by atoms with Gasteiger partial charge in [0.2, 0.25) is 0 Å². The number of ether oxygens (including phenoxy) is 2. The SMILES string of the molecule is COc1c(C=O)ccc(C)c1OCc1ccccc1. The van der Waals surface area contributed by atoms with Crippen molar-refractivity contribution in [1.82, 2.24) is 0 Å². The van der Waals surface area contributed by atoms with E-state index < -0.39 is 0 Å². The van der Waals surface area contributed by atoms with Gasteiger partial charge in [0, 0.05) is 0 Å². The van der Waals surface area contributed by atoms with E-state index in [1.54, 1.807) is 6.07 Å². The predicted octanol–water partition coefficient (Wildman–Crippen LogP) is 3.40. The van der Waals surface area contributed by atoms with Gasteiger partial charge in [-0.2, -0.15) is 0 Å². The molecule has 0 saturated heterocycles. The van der Waals surface area contributed by atoms with Crippen LogP contribution < -0.4 is 9.47 Å². The quantitative estimate of drug-likeness (QED) is 0.769. The average Bonchev–Trinajstić information content (AvgIpc) is 2.46. The molecule has 0 aromatic heterocycles. The molecule has 0 aliphatic carbocycles. The zero-order valence-electron chi connectivity index (χ0n) is 11.1. The summed E-state index contributed by atoms with van der Waals surface area (Å²) in [5.74, 6) is 1.11. The minimum absolute atomic E-state index is 0.445. The van der Waals surface area contributed by atoms with Gasteiger partial charge in [-0.25, -0.2) is 0 Å². The van der Waals surface area contributed by atoms with E-state index in [1.807, 2.05) is 43.3 Å². The molecule has 0 N–H and O–H groups in total. The van der Waals surface area contributed by atoms with Gasteiger partial charge in [-0.15, -0.1) is 0 Å². The van der Waals surface area contributed by atoms with Crippen molar-refractivity contribution < 1.29 is 14.3 Å². The molecule has 2 aromatic rings. The first-order chi connectivity index (χ1) is 9.26. The lowest BCUT2D eigenvalue weighted by Crippen LogP contribution is -2.01. The van der Waals surface area contributed by atoms with Crippen LogP contribution in [0, 0.1) is 6.92 Å². The minimum atomic E-state index is 0.445. The summed E-state index contributed by atoms with van der Waals surface area (Å²) in [5, 5.41) is 0. The Morgan fingerprint density at radius 2 is 1.79 bits per heavy atom. The van der Waals surface area contributed by atoms with Crippen LogP contribution >= 0.6 is 0 Å². The first-order valence-electron chi connectivity index (χ1n) is 6.05. The smallest absolute Gasteiger partial charge is 0.171 e. The summed E-state index contributed by atoms with van der Waals surface area (Å²) in [5.41, 5.74) is 2.51. The van der Waals surface area contributed by atoms with Crippen LogP contribution in [0.1, 0.15) is 21.5 Å². The number of hydrogen-bond acceptors (Lipinski definition) is 3. The van der Waals surface area contributed by atoms with Crippen LogP contribution in [-0.2, 0) is 6.61 Å². The molecule has 2 rings (SSSR count). The first kappa shape index (κ1) is 13.1. The number of aldehydes is 1. The Morgan fingerprint density at radius 3 is 2.42 bits per heavy atom. The lowest BCUT2D eigenvalue weighted by atomic mass is 10.1. The molecule has 0 spiro atoms. The molecule has 0 amide bonds. The lowest BCUT2D eigenvalue weighted by Gasteiger charge is -2.14. The third-order valence-corrected chi connectivity index (χ3v) is 2.90. The van der Waals surface area contributed by atoms with Crippen molar-refractivity contribution in [1.29, 1.82) is 0 Å². The Balaban J connectivity index is 2.26. The minimum Gasteiger partial charge on any atom is -0.492 e. The number of aryl methyl sites for hydroxylation is 1. The molecular weight excluding hydrogens is 240 g/mol. The van der Waals surface area contributed by atoms with Gasteiger partial charge >= 0.3 is 0 Å². The largest absolute Gasteiger partial charge is 0.492 e. The summed E-state index contributed by atoms with van der Waals surface area (Å²) in [6.45, 7) is 2.37. The highest BCUT2D eigenvalue weighted by molar-refractivity contribution is 5.81. The van der Waals surface area contributed by atoms with E-state index in [0.29, 0.717) is 23.7 Å². The molecule has 3 nitrogen and oxygen atoms in total. The van der Waals surface area contributed by atoms with E-state index in [0.717, 1.165) is 17.4 Å². The van der Waals surface area contributed by atoms with Crippen molar-refractivity contribution >= 4 is 6.29 Å². The third kappa shape index (κ3) is 2.94. The molecule has 0 heterocycles. The lowest BCUT2D eigenvalue weighted by molar-refractivity contribution is 0.111. The fourth-order valence-electron chi connectivity index (χ4n) is 1.89. The van der Waals surface area contributed by atoms with Crippen LogP contribution in [0.25, 0.3) is 0 Å². The fraction of sp³-hybridized carbons (Fsp3) is 0.188. The van der Waals surface area contributed by atoms with E-state index in [4.69, 9.17) is 9.47 Å². The fourth-order valence-corrected chi connectivity index (χ4v) is 1.89. The maximum Gasteiger partial charge on any atom is 0.171 e. The summed E-state index contributed by atoms with van der Waals surface area (Å²) >= 11 is 0. The molecule has 19 heavy (non-hydrogen) atoms. The zero-order chi connectivity index (χ0) is 13.7. The average molecular weight is 256 g/mol. The van der Waals surface area contributed by atoms with Gasteiger partial charge in [0.25, 0.3) is 0 Å². The summed E-state index contributed by atoms with van der Waals surface area (Å²) < 4.78 is 11.1. The van der Waals surface area contributed by atoms with Crippen LogP contribution in [-0.4, -0.2) is 13.4 Å². The second kappa shape index (κ2) is 6.05. The van der Waals surface area contributed by atoms with Crippen molar-refractivity contribution in [2.24, 2.45) is 0 Å². The van der Waals surface area contributed by atoms with Crippen molar-refractivity contribution in [3.63, 3.8) is 0 Å². The van der Waals surface area contributed by atoms with Crippen LogP contribution in [0.4, 0.5) is 0 Å². The molecule has 0 aliphatic rings. The van der Waals surface area contributed by atoms with Gasteiger partial charge in [-0.05, 0) is 24.1 Å². The van der Waals surface area contributed by atoms with Crippen molar-refractivity contribution in [2.45, 2.75) is 13.5 Å². The van der Waals surface area contributed by atoms with Gasteiger partial charge in [0.15, 0.2) is 17.8 Å². The normalized spacial score (nSPS) is 10.0. The Labute approximate surface area is 112 Å². The Morgan fingerprint density at radius 1 is 1.05 bits per heavy atom. The predicted molar refractivity (Wildman–Crippen MR) is 73.9 cm³/mol. The highest BCUT2D eigenvalue weighted by Crippen LogP contribution is 2.34. The van der Waals surface area contributed by atoms with E-state index in [1.165, 1.54) is 7.11 Å². The van der Waals surface area contributed by atoms with Crippen LogP contribution in [0.2, 0.25) is 0 Å². The first-order valence-corrected chi connectivity index (χ1v) is 6.05. The van der Waals surface area contributed by atoms with Crippen molar-refractivity contribution in [2.75, 3.05) is 7.11 Å². The molecule has 0 saturated carbocycles. The topological polar surface area (TPSA) is 35.5 Å². The molecule has 0 radical (unpaired) electrons. The number of hydrogen-bond donors (Lipinski definition) is 0.